The zero-order valence-electron chi connectivity index (χ0n) is 16.1. The molecule has 1 aliphatic rings. The smallest absolute Gasteiger partial charge is 0.224 e. The first-order valence-corrected chi connectivity index (χ1v) is 9.84. The molecule has 0 saturated carbocycles. The fraction of sp³-hybridized carbons (Fsp3) is 0.318. The van der Waals surface area contributed by atoms with Crippen LogP contribution in [0.1, 0.15) is 18.4 Å². The first kappa shape index (κ1) is 19.1. The number of carbonyl (C=O) groups is 1. The predicted molar refractivity (Wildman–Crippen MR) is 108 cm³/mol. The van der Waals surface area contributed by atoms with E-state index in [2.05, 4.69) is 20.4 Å². The molecule has 4 rings (SSSR count). The van der Waals surface area contributed by atoms with E-state index in [0.29, 0.717) is 31.0 Å². The van der Waals surface area contributed by atoms with Crippen LogP contribution in [0.5, 0.6) is 0 Å². The molecule has 3 heterocycles. The molecule has 1 fully saturated rings. The fourth-order valence-electron chi connectivity index (χ4n) is 3.57. The molecule has 1 aromatic carbocycles. The molecular weight excluding hydrogens is 371 g/mol. The molecule has 1 unspecified atom stereocenters. The molecule has 1 atom stereocenters. The van der Waals surface area contributed by atoms with Crippen molar-refractivity contribution in [2.45, 2.75) is 19.3 Å². The Kier molecular flexibility index (Phi) is 5.84. The van der Waals surface area contributed by atoms with Crippen molar-refractivity contribution >= 4 is 11.7 Å². The molecule has 1 aliphatic heterocycles. The molecule has 3 aromatic rings. The van der Waals surface area contributed by atoms with Crippen molar-refractivity contribution < 1.29 is 13.6 Å². The quantitative estimate of drug-likeness (QED) is 0.693. The maximum absolute atomic E-state index is 13.0. The number of piperidine rings is 1. The third-order valence-electron chi connectivity index (χ3n) is 5.17. The van der Waals surface area contributed by atoms with Gasteiger partial charge in [-0.3, -0.25) is 4.79 Å². The maximum atomic E-state index is 13.0. The Hall–Kier alpha value is -3.22. The number of halogens is 1. The topological polar surface area (TPSA) is 71.3 Å². The molecule has 6 nitrogen and oxygen atoms in total. The monoisotopic (exact) mass is 394 g/mol. The lowest BCUT2D eigenvalue weighted by Crippen LogP contribution is -2.43. The van der Waals surface area contributed by atoms with Crippen LogP contribution in [0.4, 0.5) is 10.2 Å². The molecule has 150 valence electrons. The van der Waals surface area contributed by atoms with Gasteiger partial charge in [-0.15, -0.1) is 10.2 Å². The average Bonchev–Trinajstić information content (AvgIpc) is 3.30. The molecule has 2 aromatic heterocycles. The van der Waals surface area contributed by atoms with E-state index in [1.807, 2.05) is 24.3 Å². The van der Waals surface area contributed by atoms with Crippen molar-refractivity contribution in [1.29, 1.82) is 0 Å². The van der Waals surface area contributed by atoms with Crippen molar-refractivity contribution in [2.24, 2.45) is 5.92 Å². The molecule has 1 amide bonds. The van der Waals surface area contributed by atoms with Crippen LogP contribution in [0.3, 0.4) is 0 Å². The van der Waals surface area contributed by atoms with E-state index in [9.17, 15) is 9.18 Å². The van der Waals surface area contributed by atoms with Gasteiger partial charge < -0.3 is 14.6 Å². The molecule has 0 radical (unpaired) electrons. The van der Waals surface area contributed by atoms with Crippen molar-refractivity contribution in [3.05, 3.63) is 66.2 Å². The number of amides is 1. The van der Waals surface area contributed by atoms with Gasteiger partial charge >= 0.3 is 0 Å². The zero-order chi connectivity index (χ0) is 20.1. The summed E-state index contributed by atoms with van der Waals surface area (Å²) >= 11 is 0. The van der Waals surface area contributed by atoms with E-state index in [-0.39, 0.29) is 17.6 Å². The zero-order valence-corrected chi connectivity index (χ0v) is 16.1. The maximum Gasteiger partial charge on any atom is 0.224 e. The number of nitrogens with one attached hydrogen (secondary N) is 1. The van der Waals surface area contributed by atoms with Gasteiger partial charge in [0, 0.05) is 19.6 Å². The highest BCUT2D eigenvalue weighted by Crippen LogP contribution is 2.23. The van der Waals surface area contributed by atoms with Crippen molar-refractivity contribution in [2.75, 3.05) is 24.5 Å². The summed E-state index contributed by atoms with van der Waals surface area (Å²) in [6.07, 6.45) is 4.07. The normalized spacial score (nSPS) is 16.6. The van der Waals surface area contributed by atoms with E-state index in [1.165, 1.54) is 12.1 Å². The van der Waals surface area contributed by atoms with Crippen LogP contribution >= 0.6 is 0 Å². The second kappa shape index (κ2) is 8.86. The van der Waals surface area contributed by atoms with Crippen LogP contribution in [0, 0.1) is 11.7 Å². The summed E-state index contributed by atoms with van der Waals surface area (Å²) in [6, 6.07) is 13.8. The second-order valence-corrected chi connectivity index (χ2v) is 7.21. The Balaban J connectivity index is 1.30. The third-order valence-corrected chi connectivity index (χ3v) is 5.17. The summed E-state index contributed by atoms with van der Waals surface area (Å²) in [5.41, 5.74) is 1.69. The molecule has 0 aliphatic carbocycles. The predicted octanol–water partition coefficient (Wildman–Crippen LogP) is 3.45. The SMILES string of the molecule is O=C(NCCc1ccc(F)cc1)C1CCCN(c2ccc(-c3ccco3)nn2)C1. The molecule has 29 heavy (non-hydrogen) atoms. The van der Waals surface area contributed by atoms with Gasteiger partial charge in [-0.05, 0) is 61.2 Å². The lowest BCUT2D eigenvalue weighted by Gasteiger charge is -2.32. The van der Waals surface area contributed by atoms with Crippen LogP contribution in [0.25, 0.3) is 11.5 Å². The number of anilines is 1. The molecule has 0 spiro atoms. The Bertz CT molecular complexity index is 926. The van der Waals surface area contributed by atoms with Gasteiger partial charge in [-0.2, -0.15) is 0 Å². The van der Waals surface area contributed by atoms with Crippen molar-refractivity contribution in [3.8, 4) is 11.5 Å². The average molecular weight is 394 g/mol. The number of benzene rings is 1. The van der Waals surface area contributed by atoms with E-state index < -0.39 is 0 Å². The number of furan rings is 1. The highest BCUT2D eigenvalue weighted by Gasteiger charge is 2.26. The van der Waals surface area contributed by atoms with Gasteiger partial charge in [0.15, 0.2) is 11.6 Å². The Morgan fingerprint density at radius 2 is 2.03 bits per heavy atom. The summed E-state index contributed by atoms with van der Waals surface area (Å²) in [4.78, 5) is 14.7. The minimum atomic E-state index is -0.250. The lowest BCUT2D eigenvalue weighted by atomic mass is 9.97. The Morgan fingerprint density at radius 1 is 1.17 bits per heavy atom. The van der Waals surface area contributed by atoms with Gasteiger partial charge in [0.2, 0.25) is 5.91 Å². The molecular formula is C22H23FN4O2. The number of hydrogen-bond acceptors (Lipinski definition) is 5. The molecule has 1 N–H and O–H groups in total. The van der Waals surface area contributed by atoms with Crippen LogP contribution < -0.4 is 10.2 Å². The van der Waals surface area contributed by atoms with Crippen LogP contribution in [-0.2, 0) is 11.2 Å². The Morgan fingerprint density at radius 3 is 2.76 bits per heavy atom. The van der Waals surface area contributed by atoms with E-state index in [1.54, 1.807) is 18.4 Å². The second-order valence-electron chi connectivity index (χ2n) is 7.21. The summed E-state index contributed by atoms with van der Waals surface area (Å²) in [6.45, 7) is 2.02. The summed E-state index contributed by atoms with van der Waals surface area (Å²) < 4.78 is 18.3. The van der Waals surface area contributed by atoms with Crippen molar-refractivity contribution in [3.63, 3.8) is 0 Å². The highest BCUT2D eigenvalue weighted by molar-refractivity contribution is 5.79. The third kappa shape index (κ3) is 4.80. The van der Waals surface area contributed by atoms with E-state index >= 15 is 0 Å². The number of carbonyl (C=O) groups excluding carboxylic acids is 1. The van der Waals surface area contributed by atoms with Gasteiger partial charge in [0.25, 0.3) is 0 Å². The van der Waals surface area contributed by atoms with Crippen LogP contribution in [0.15, 0.2) is 59.2 Å². The first-order valence-electron chi connectivity index (χ1n) is 9.84. The highest BCUT2D eigenvalue weighted by atomic mass is 19.1. The van der Waals surface area contributed by atoms with E-state index in [4.69, 9.17) is 4.42 Å². The summed E-state index contributed by atoms with van der Waals surface area (Å²) in [5.74, 6) is 1.17. The number of hydrogen-bond donors (Lipinski definition) is 1. The van der Waals surface area contributed by atoms with Gasteiger partial charge in [-0.25, -0.2) is 4.39 Å². The summed E-state index contributed by atoms with van der Waals surface area (Å²) in [7, 11) is 0. The number of aromatic nitrogens is 2. The molecule has 0 bridgehead atoms. The minimum Gasteiger partial charge on any atom is -0.463 e. The van der Waals surface area contributed by atoms with Gasteiger partial charge in [-0.1, -0.05) is 12.1 Å². The molecule has 7 heteroatoms. The van der Waals surface area contributed by atoms with Crippen molar-refractivity contribution in [1.82, 2.24) is 15.5 Å². The lowest BCUT2D eigenvalue weighted by molar-refractivity contribution is -0.125. The van der Waals surface area contributed by atoms with Gasteiger partial charge in [0.1, 0.15) is 11.5 Å². The first-order chi connectivity index (χ1) is 14.2. The van der Waals surface area contributed by atoms with E-state index in [0.717, 1.165) is 30.8 Å². The van der Waals surface area contributed by atoms with Crippen LogP contribution in [0.2, 0.25) is 0 Å². The summed E-state index contributed by atoms with van der Waals surface area (Å²) in [5, 5.41) is 11.6. The minimum absolute atomic E-state index is 0.0528. The Labute approximate surface area is 168 Å². The fourth-order valence-corrected chi connectivity index (χ4v) is 3.57. The molecule has 1 saturated heterocycles. The van der Waals surface area contributed by atoms with Gasteiger partial charge in [0.05, 0.1) is 12.2 Å². The number of nitrogens with zero attached hydrogens (tertiary/aromatic N) is 3. The van der Waals surface area contributed by atoms with Crippen LogP contribution in [-0.4, -0.2) is 35.7 Å². The standard InChI is InChI=1S/C22H23FN4O2/c23-18-7-5-16(6-8-18)11-12-24-22(28)17-3-1-13-27(15-17)21-10-9-19(25-26-21)20-4-2-14-29-20/h2,4-10,14,17H,1,3,11-13,15H2,(H,24,28). The number of rotatable bonds is 6. The largest absolute Gasteiger partial charge is 0.463 e.